The van der Waals surface area contributed by atoms with Gasteiger partial charge in [0.2, 0.25) is 0 Å². The third kappa shape index (κ3) is 1.98. The second kappa shape index (κ2) is 4.53. The highest BCUT2D eigenvalue weighted by Gasteiger charge is 2.33. The van der Waals surface area contributed by atoms with Gasteiger partial charge in [-0.05, 0) is 24.5 Å². The molecule has 0 heterocycles. The molecule has 1 aromatic carbocycles. The SMILES string of the molecule is O=S(=O)(c1ccccc1CNO)C1CCC1. The zero-order valence-electron chi connectivity index (χ0n) is 8.89. The first-order chi connectivity index (χ1) is 7.66. The fraction of sp³-hybridized carbons (Fsp3) is 0.455. The van der Waals surface area contributed by atoms with Crippen molar-refractivity contribution in [3.63, 3.8) is 0 Å². The lowest BCUT2D eigenvalue weighted by atomic mass is 10.00. The first kappa shape index (κ1) is 11.6. The summed E-state index contributed by atoms with van der Waals surface area (Å²) in [5.74, 6) is 0. The first-order valence-electron chi connectivity index (χ1n) is 5.35. The minimum atomic E-state index is -3.21. The Morgan fingerprint density at radius 3 is 2.56 bits per heavy atom. The number of nitrogens with one attached hydrogen (secondary N) is 1. The average molecular weight is 241 g/mol. The van der Waals surface area contributed by atoms with Crippen LogP contribution in [0, 0.1) is 0 Å². The summed E-state index contributed by atoms with van der Waals surface area (Å²) in [7, 11) is -3.21. The normalized spacial score (nSPS) is 17.1. The lowest BCUT2D eigenvalue weighted by Gasteiger charge is -2.26. The molecule has 1 aliphatic carbocycles. The van der Waals surface area contributed by atoms with Gasteiger partial charge in [0.05, 0.1) is 10.1 Å². The molecule has 0 aliphatic heterocycles. The van der Waals surface area contributed by atoms with Crippen LogP contribution in [0.25, 0.3) is 0 Å². The molecule has 4 nitrogen and oxygen atoms in total. The summed E-state index contributed by atoms with van der Waals surface area (Å²) in [6.07, 6.45) is 2.50. The number of benzene rings is 1. The molecule has 0 amide bonds. The summed E-state index contributed by atoms with van der Waals surface area (Å²) in [5.41, 5.74) is 2.63. The molecule has 1 aliphatic rings. The topological polar surface area (TPSA) is 66.4 Å². The van der Waals surface area contributed by atoms with Crippen LogP contribution in [0.5, 0.6) is 0 Å². The molecule has 0 unspecified atom stereocenters. The molecule has 88 valence electrons. The summed E-state index contributed by atoms with van der Waals surface area (Å²) in [5, 5.41) is 8.45. The summed E-state index contributed by atoms with van der Waals surface area (Å²) >= 11 is 0. The molecule has 2 rings (SSSR count). The molecule has 2 N–H and O–H groups in total. The van der Waals surface area contributed by atoms with E-state index < -0.39 is 9.84 Å². The van der Waals surface area contributed by atoms with Gasteiger partial charge >= 0.3 is 0 Å². The molecular formula is C11H15NO3S. The van der Waals surface area contributed by atoms with Gasteiger partial charge in [-0.25, -0.2) is 13.9 Å². The smallest absolute Gasteiger partial charge is 0.181 e. The maximum Gasteiger partial charge on any atom is 0.181 e. The Morgan fingerprint density at radius 2 is 2.00 bits per heavy atom. The lowest BCUT2D eigenvalue weighted by Crippen LogP contribution is -2.29. The van der Waals surface area contributed by atoms with E-state index in [1.54, 1.807) is 24.3 Å². The van der Waals surface area contributed by atoms with Crippen molar-refractivity contribution in [2.45, 2.75) is 36.0 Å². The van der Waals surface area contributed by atoms with Crippen LogP contribution in [0.1, 0.15) is 24.8 Å². The number of hydrogen-bond acceptors (Lipinski definition) is 4. The van der Waals surface area contributed by atoms with Crippen molar-refractivity contribution < 1.29 is 13.6 Å². The third-order valence-electron chi connectivity index (χ3n) is 3.04. The predicted octanol–water partition coefficient (Wildman–Crippen LogP) is 1.49. The van der Waals surface area contributed by atoms with E-state index in [1.807, 2.05) is 5.48 Å². The van der Waals surface area contributed by atoms with Crippen molar-refractivity contribution >= 4 is 9.84 Å². The predicted molar refractivity (Wildman–Crippen MR) is 59.9 cm³/mol. The molecule has 0 spiro atoms. The molecule has 0 bridgehead atoms. The Bertz CT molecular complexity index is 466. The summed E-state index contributed by atoms with van der Waals surface area (Å²) in [6, 6.07) is 6.81. The van der Waals surface area contributed by atoms with Crippen molar-refractivity contribution in [1.29, 1.82) is 0 Å². The van der Waals surface area contributed by atoms with E-state index in [1.165, 1.54) is 0 Å². The molecule has 1 fully saturated rings. The largest absolute Gasteiger partial charge is 0.316 e. The molecule has 16 heavy (non-hydrogen) atoms. The van der Waals surface area contributed by atoms with Gasteiger partial charge in [0.1, 0.15) is 0 Å². The zero-order valence-corrected chi connectivity index (χ0v) is 9.70. The van der Waals surface area contributed by atoms with Gasteiger partial charge in [-0.15, -0.1) is 0 Å². The highest BCUT2D eigenvalue weighted by Crippen LogP contribution is 2.32. The summed E-state index contributed by atoms with van der Waals surface area (Å²) < 4.78 is 24.4. The third-order valence-corrected chi connectivity index (χ3v) is 5.40. The van der Waals surface area contributed by atoms with Gasteiger partial charge in [-0.2, -0.15) is 0 Å². The van der Waals surface area contributed by atoms with Crippen LogP contribution >= 0.6 is 0 Å². The van der Waals surface area contributed by atoms with Gasteiger partial charge in [0.15, 0.2) is 9.84 Å². The molecule has 1 saturated carbocycles. The minimum Gasteiger partial charge on any atom is -0.316 e. The van der Waals surface area contributed by atoms with E-state index in [0.29, 0.717) is 10.5 Å². The second-order valence-electron chi connectivity index (χ2n) is 4.04. The molecule has 0 radical (unpaired) electrons. The number of hydroxylamine groups is 1. The summed E-state index contributed by atoms with van der Waals surface area (Å²) in [6.45, 7) is 0.155. The fourth-order valence-electron chi connectivity index (χ4n) is 1.87. The highest BCUT2D eigenvalue weighted by molar-refractivity contribution is 7.92. The van der Waals surface area contributed by atoms with Crippen LogP contribution in [0.2, 0.25) is 0 Å². The fourth-order valence-corrected chi connectivity index (χ4v) is 3.96. The standard InChI is InChI=1S/C11H15NO3S/c13-12-8-9-4-1-2-7-11(9)16(14,15)10-5-3-6-10/h1-2,4,7,10,12-13H,3,5-6,8H2. The van der Waals surface area contributed by atoms with Crippen LogP contribution in [0.15, 0.2) is 29.2 Å². The Balaban J connectivity index is 2.38. The van der Waals surface area contributed by atoms with E-state index in [4.69, 9.17) is 5.21 Å². The number of sulfone groups is 1. The van der Waals surface area contributed by atoms with Crippen molar-refractivity contribution in [2.75, 3.05) is 0 Å². The van der Waals surface area contributed by atoms with Crippen LogP contribution in [0.4, 0.5) is 0 Å². The minimum absolute atomic E-state index is 0.155. The Hall–Kier alpha value is -0.910. The molecule has 0 atom stereocenters. The Morgan fingerprint density at radius 1 is 1.31 bits per heavy atom. The van der Waals surface area contributed by atoms with Crippen LogP contribution in [-0.2, 0) is 16.4 Å². The number of rotatable bonds is 4. The average Bonchev–Trinajstić information content (AvgIpc) is 2.15. The van der Waals surface area contributed by atoms with Crippen molar-refractivity contribution in [3.8, 4) is 0 Å². The Kier molecular flexibility index (Phi) is 3.28. The van der Waals surface area contributed by atoms with Crippen LogP contribution < -0.4 is 5.48 Å². The van der Waals surface area contributed by atoms with Gasteiger partial charge in [-0.1, -0.05) is 24.6 Å². The van der Waals surface area contributed by atoms with Crippen molar-refractivity contribution in [3.05, 3.63) is 29.8 Å². The van der Waals surface area contributed by atoms with Crippen molar-refractivity contribution in [1.82, 2.24) is 5.48 Å². The molecule has 0 saturated heterocycles. The maximum atomic E-state index is 12.2. The monoisotopic (exact) mass is 241 g/mol. The maximum absolute atomic E-state index is 12.2. The lowest BCUT2D eigenvalue weighted by molar-refractivity contribution is 0.160. The van der Waals surface area contributed by atoms with Crippen LogP contribution in [0.3, 0.4) is 0 Å². The molecular weight excluding hydrogens is 226 g/mol. The van der Waals surface area contributed by atoms with Gasteiger partial charge in [0, 0.05) is 6.54 Å². The molecule has 0 aromatic heterocycles. The van der Waals surface area contributed by atoms with Crippen LogP contribution in [-0.4, -0.2) is 18.9 Å². The number of hydrogen-bond donors (Lipinski definition) is 2. The quantitative estimate of drug-likeness (QED) is 0.784. The molecule has 1 aromatic rings. The van der Waals surface area contributed by atoms with E-state index in [0.717, 1.165) is 19.3 Å². The van der Waals surface area contributed by atoms with Gasteiger partial charge in [-0.3, -0.25) is 0 Å². The molecule has 5 heteroatoms. The first-order valence-corrected chi connectivity index (χ1v) is 6.89. The van der Waals surface area contributed by atoms with E-state index in [2.05, 4.69) is 0 Å². The van der Waals surface area contributed by atoms with Gasteiger partial charge in [0.25, 0.3) is 0 Å². The van der Waals surface area contributed by atoms with Crippen molar-refractivity contribution in [2.24, 2.45) is 0 Å². The van der Waals surface area contributed by atoms with Gasteiger partial charge < -0.3 is 5.21 Å². The second-order valence-corrected chi connectivity index (χ2v) is 6.24. The van der Waals surface area contributed by atoms with E-state index in [-0.39, 0.29) is 11.8 Å². The summed E-state index contributed by atoms with van der Waals surface area (Å²) in [4.78, 5) is 0.348. The van der Waals surface area contributed by atoms with E-state index >= 15 is 0 Å². The zero-order chi connectivity index (χ0) is 11.6. The van der Waals surface area contributed by atoms with E-state index in [9.17, 15) is 8.42 Å². The Labute approximate surface area is 95.2 Å². The highest BCUT2D eigenvalue weighted by atomic mass is 32.2.